The number of benzene rings is 3. The van der Waals surface area contributed by atoms with Gasteiger partial charge >= 0.3 is 12.2 Å². The first-order valence-electron chi connectivity index (χ1n) is 17.5. The minimum atomic E-state index is -2.42. The van der Waals surface area contributed by atoms with Crippen LogP contribution in [0.2, 0.25) is 18.1 Å². The van der Waals surface area contributed by atoms with Crippen LogP contribution >= 0.6 is 0 Å². The van der Waals surface area contributed by atoms with Crippen molar-refractivity contribution in [3.8, 4) is 5.75 Å². The molecule has 0 aliphatic rings. The Hall–Kier alpha value is -4.61. The molecule has 0 spiro atoms. The molecule has 4 aromatic rings. The van der Waals surface area contributed by atoms with E-state index in [9.17, 15) is 14.4 Å². The van der Waals surface area contributed by atoms with E-state index >= 15 is 0 Å². The lowest BCUT2D eigenvalue weighted by atomic mass is 10.0. The van der Waals surface area contributed by atoms with Crippen molar-refractivity contribution in [2.75, 3.05) is 19.6 Å². The number of hydrogen-bond acceptors (Lipinski definition) is 7. The predicted molar refractivity (Wildman–Crippen MR) is 203 cm³/mol. The van der Waals surface area contributed by atoms with Crippen LogP contribution in [-0.2, 0) is 27.1 Å². The zero-order valence-corrected chi connectivity index (χ0v) is 32.2. The van der Waals surface area contributed by atoms with E-state index in [1.165, 1.54) is 6.07 Å². The molecule has 1 aromatic heterocycles. The molecule has 0 aliphatic carbocycles. The van der Waals surface area contributed by atoms with Gasteiger partial charge in [0.25, 0.3) is 0 Å². The summed E-state index contributed by atoms with van der Waals surface area (Å²) >= 11 is 0. The van der Waals surface area contributed by atoms with Crippen molar-refractivity contribution in [1.82, 2.24) is 15.2 Å². The third-order valence-corrected chi connectivity index (χ3v) is 13.3. The lowest BCUT2D eigenvalue weighted by molar-refractivity contribution is 0.0155. The van der Waals surface area contributed by atoms with Gasteiger partial charge in [0.2, 0.25) is 5.56 Å². The number of aromatic amines is 1. The Bertz CT molecular complexity index is 1800. The Morgan fingerprint density at radius 3 is 2.08 bits per heavy atom. The van der Waals surface area contributed by atoms with E-state index in [-0.39, 0.29) is 36.8 Å². The number of amides is 2. The number of fused-ring (bicyclic) bond motifs is 1. The predicted octanol–water partition coefficient (Wildman–Crippen LogP) is 8.72. The number of nitrogens with one attached hydrogen (secondary N) is 2. The average molecular weight is 716 g/mol. The van der Waals surface area contributed by atoms with E-state index in [1.54, 1.807) is 11.0 Å². The van der Waals surface area contributed by atoms with Gasteiger partial charge in [-0.15, -0.1) is 0 Å². The van der Waals surface area contributed by atoms with E-state index in [4.69, 9.17) is 18.6 Å². The summed E-state index contributed by atoms with van der Waals surface area (Å²) < 4.78 is 24.5. The van der Waals surface area contributed by atoms with Crippen molar-refractivity contribution in [1.29, 1.82) is 0 Å². The molecule has 4 rings (SSSR count). The van der Waals surface area contributed by atoms with Crippen molar-refractivity contribution in [3.05, 3.63) is 112 Å². The zero-order valence-electron chi connectivity index (χ0n) is 31.2. The van der Waals surface area contributed by atoms with Crippen molar-refractivity contribution in [2.45, 2.75) is 91.0 Å². The maximum atomic E-state index is 13.7. The number of rotatable bonds is 14. The summed E-state index contributed by atoms with van der Waals surface area (Å²) in [4.78, 5) is 43.4. The Morgan fingerprint density at radius 2 is 1.47 bits per heavy atom. The molecule has 3 aromatic carbocycles. The van der Waals surface area contributed by atoms with Crippen LogP contribution in [0.5, 0.6) is 5.75 Å². The second-order valence-electron chi connectivity index (χ2n) is 15.2. The number of H-pyrrole nitrogens is 1. The smallest absolute Gasteiger partial charge is 0.410 e. The summed E-state index contributed by atoms with van der Waals surface area (Å²) in [6, 6.07) is 26.4. The summed E-state index contributed by atoms with van der Waals surface area (Å²) in [6.07, 6.45) is -1.14. The summed E-state index contributed by atoms with van der Waals surface area (Å²) in [7, 11) is -2.42. The number of hydrogen-bond donors (Lipinski definition) is 2. The summed E-state index contributed by atoms with van der Waals surface area (Å²) in [6.45, 7) is 17.6. The highest BCUT2D eigenvalue weighted by atomic mass is 28.4. The zero-order chi connectivity index (χ0) is 37.2. The van der Waals surface area contributed by atoms with Gasteiger partial charge in [-0.1, -0.05) is 87.5 Å². The molecule has 2 N–H and O–H groups in total. The molecule has 0 radical (unpaired) electrons. The van der Waals surface area contributed by atoms with Gasteiger partial charge in [0, 0.05) is 24.5 Å². The van der Waals surface area contributed by atoms with Crippen molar-refractivity contribution in [2.24, 2.45) is 0 Å². The Labute approximate surface area is 302 Å². The van der Waals surface area contributed by atoms with Crippen molar-refractivity contribution < 1.29 is 28.2 Å². The fraction of sp³-hybridized carbons (Fsp3) is 0.425. The third kappa shape index (κ3) is 11.7. The van der Waals surface area contributed by atoms with Crippen LogP contribution in [0.25, 0.3) is 10.9 Å². The molecule has 2 amide bonds. The number of aromatic nitrogens is 1. The summed E-state index contributed by atoms with van der Waals surface area (Å²) in [5.41, 5.74) is 2.28. The van der Waals surface area contributed by atoms with Crippen LogP contribution in [0.4, 0.5) is 9.59 Å². The van der Waals surface area contributed by atoms with Gasteiger partial charge < -0.3 is 33.8 Å². The summed E-state index contributed by atoms with van der Waals surface area (Å²) in [5, 5.41) is 3.42. The van der Waals surface area contributed by atoms with Gasteiger partial charge in [-0.25, -0.2) is 9.59 Å². The fourth-order valence-corrected chi connectivity index (χ4v) is 6.40. The lowest BCUT2D eigenvalue weighted by Gasteiger charge is -2.41. The molecule has 0 aliphatic heterocycles. The molecule has 274 valence electrons. The normalized spacial score (nSPS) is 12.6. The Kier molecular flexibility index (Phi) is 13.1. The highest BCUT2D eigenvalue weighted by Crippen LogP contribution is 2.42. The molecular formula is C40H53N3O7Si. The van der Waals surface area contributed by atoms with E-state index in [1.807, 2.05) is 93.6 Å². The Balaban J connectivity index is 1.61. The first-order chi connectivity index (χ1) is 24.0. The summed E-state index contributed by atoms with van der Waals surface area (Å²) in [5.74, 6) is 0.538. The standard InChI is InChI=1S/C40H53N3O7Si/c1-39(2,3)49-38(46)43(25-15-24-41-37(45)48-28-30-18-13-10-14-19-30)26-34(50-51(7,8)40(4,5)6)31-20-22-33(36-32(31)21-23-35(44)42-36)47-27-29-16-11-9-12-17-29/h9-14,16-23,34H,15,24-28H2,1-8H3,(H,41,45)(H,42,44). The highest BCUT2D eigenvalue weighted by Gasteiger charge is 2.41. The number of ether oxygens (including phenoxy) is 3. The molecule has 51 heavy (non-hydrogen) atoms. The van der Waals surface area contributed by atoms with E-state index < -0.39 is 32.2 Å². The van der Waals surface area contributed by atoms with E-state index in [2.05, 4.69) is 44.2 Å². The molecule has 1 heterocycles. The van der Waals surface area contributed by atoms with Gasteiger partial charge in [-0.05, 0) is 74.1 Å². The van der Waals surface area contributed by atoms with Gasteiger partial charge in [0.05, 0.1) is 18.2 Å². The molecule has 0 saturated carbocycles. The van der Waals surface area contributed by atoms with Crippen molar-refractivity contribution >= 4 is 31.4 Å². The monoisotopic (exact) mass is 715 g/mol. The second-order valence-corrected chi connectivity index (χ2v) is 19.9. The van der Waals surface area contributed by atoms with Gasteiger partial charge in [-0.2, -0.15) is 0 Å². The average Bonchev–Trinajstić information content (AvgIpc) is 3.06. The molecular weight excluding hydrogens is 663 g/mol. The van der Waals surface area contributed by atoms with Crippen LogP contribution in [0.15, 0.2) is 89.7 Å². The molecule has 0 saturated heterocycles. The SMILES string of the molecule is CC(C)(C)OC(=O)N(CCCNC(=O)OCc1ccccc1)CC(O[Si](C)(C)C(C)(C)C)c1ccc(OCc2ccccc2)c2[nH]c(=O)ccc12. The minimum absolute atomic E-state index is 0.130. The topological polar surface area (TPSA) is 119 Å². The van der Waals surface area contributed by atoms with Crippen molar-refractivity contribution in [3.63, 3.8) is 0 Å². The lowest BCUT2D eigenvalue weighted by Crippen LogP contribution is -2.46. The number of alkyl carbamates (subject to hydrolysis) is 1. The number of carbonyl (C=O) groups is 2. The van der Waals surface area contributed by atoms with Crippen LogP contribution in [0, 0.1) is 0 Å². The quantitative estimate of drug-likeness (QED) is 0.0990. The molecule has 11 heteroatoms. The minimum Gasteiger partial charge on any atom is -0.487 e. The first kappa shape index (κ1) is 39.2. The molecule has 1 unspecified atom stereocenters. The van der Waals surface area contributed by atoms with Crippen LogP contribution in [0.1, 0.15) is 70.8 Å². The van der Waals surface area contributed by atoms with Crippen LogP contribution < -0.4 is 15.6 Å². The number of nitrogens with zero attached hydrogens (tertiary/aromatic N) is 1. The molecule has 0 fully saturated rings. The van der Waals surface area contributed by atoms with Gasteiger partial charge in [-0.3, -0.25) is 4.79 Å². The van der Waals surface area contributed by atoms with E-state index in [0.29, 0.717) is 24.3 Å². The third-order valence-electron chi connectivity index (χ3n) is 8.84. The molecule has 1 atom stereocenters. The van der Waals surface area contributed by atoms with Gasteiger partial charge in [0.1, 0.15) is 24.6 Å². The first-order valence-corrected chi connectivity index (χ1v) is 20.4. The molecule has 0 bridgehead atoms. The Morgan fingerprint density at radius 1 is 0.843 bits per heavy atom. The fourth-order valence-electron chi connectivity index (χ4n) is 5.13. The maximum Gasteiger partial charge on any atom is 0.410 e. The number of carbonyl (C=O) groups excluding carboxylic acids is 2. The second kappa shape index (κ2) is 17.1. The highest BCUT2D eigenvalue weighted by molar-refractivity contribution is 6.74. The van der Waals surface area contributed by atoms with Crippen LogP contribution in [0.3, 0.4) is 0 Å². The van der Waals surface area contributed by atoms with Crippen LogP contribution in [-0.4, -0.2) is 55.6 Å². The maximum absolute atomic E-state index is 13.7. The largest absolute Gasteiger partial charge is 0.487 e. The van der Waals surface area contributed by atoms with E-state index in [0.717, 1.165) is 22.1 Å². The molecule has 10 nitrogen and oxygen atoms in total. The number of pyridine rings is 1. The van der Waals surface area contributed by atoms with Gasteiger partial charge in [0.15, 0.2) is 8.32 Å².